The van der Waals surface area contributed by atoms with Crippen LogP contribution in [0, 0.1) is 0 Å². The quantitative estimate of drug-likeness (QED) is 0.491. The SMILES string of the molecule is O=C(CSc1nnc(-c2cc(Br)ccc2O)n1-c1ccccc1)NC[C@@H]1CCCO1. The van der Waals surface area contributed by atoms with Gasteiger partial charge < -0.3 is 15.2 Å². The van der Waals surface area contributed by atoms with Gasteiger partial charge in [-0.05, 0) is 43.2 Å². The second kappa shape index (κ2) is 9.63. The lowest BCUT2D eigenvalue weighted by atomic mass is 10.2. The third kappa shape index (κ3) is 4.85. The molecule has 1 aliphatic rings. The lowest BCUT2D eigenvalue weighted by molar-refractivity contribution is -0.119. The second-order valence-electron chi connectivity index (χ2n) is 6.87. The molecular weight excluding hydrogens is 468 g/mol. The van der Waals surface area contributed by atoms with E-state index in [0.717, 1.165) is 29.6 Å². The number of aromatic nitrogens is 3. The summed E-state index contributed by atoms with van der Waals surface area (Å²) in [6.45, 7) is 1.29. The Morgan fingerprint density at radius 2 is 2.10 bits per heavy atom. The van der Waals surface area contributed by atoms with Crippen LogP contribution in [0.5, 0.6) is 5.75 Å². The summed E-state index contributed by atoms with van der Waals surface area (Å²) in [4.78, 5) is 12.3. The fraction of sp³-hybridized carbons (Fsp3) is 0.286. The first-order chi connectivity index (χ1) is 14.6. The molecular formula is C21H21BrN4O3S. The standard InChI is InChI=1S/C21H21BrN4O3S/c22-14-8-9-18(27)17(11-14)20-24-25-21(26(20)15-5-2-1-3-6-15)30-13-19(28)23-12-16-7-4-10-29-16/h1-3,5-6,8-9,11,16,27H,4,7,10,12-13H2,(H,23,28)/t16-/m0/s1. The Hall–Kier alpha value is -2.36. The van der Waals surface area contributed by atoms with E-state index < -0.39 is 0 Å². The maximum absolute atomic E-state index is 12.3. The molecule has 2 aromatic carbocycles. The molecule has 1 atom stereocenters. The van der Waals surface area contributed by atoms with Gasteiger partial charge in [0, 0.05) is 23.3 Å². The average molecular weight is 489 g/mol. The fourth-order valence-electron chi connectivity index (χ4n) is 3.25. The van der Waals surface area contributed by atoms with Crippen molar-refractivity contribution in [1.29, 1.82) is 0 Å². The van der Waals surface area contributed by atoms with Crippen molar-refractivity contribution in [3.05, 3.63) is 53.0 Å². The molecule has 0 spiro atoms. The van der Waals surface area contributed by atoms with Crippen molar-refractivity contribution in [2.24, 2.45) is 0 Å². The van der Waals surface area contributed by atoms with Crippen molar-refractivity contribution in [1.82, 2.24) is 20.1 Å². The van der Waals surface area contributed by atoms with E-state index in [2.05, 4.69) is 31.4 Å². The summed E-state index contributed by atoms with van der Waals surface area (Å²) in [7, 11) is 0. The van der Waals surface area contributed by atoms with Crippen molar-refractivity contribution >= 4 is 33.6 Å². The lowest BCUT2D eigenvalue weighted by Crippen LogP contribution is -2.32. The van der Waals surface area contributed by atoms with Crippen LogP contribution in [-0.4, -0.2) is 50.8 Å². The maximum Gasteiger partial charge on any atom is 0.230 e. The number of ether oxygens (including phenoxy) is 1. The van der Waals surface area contributed by atoms with Gasteiger partial charge >= 0.3 is 0 Å². The lowest BCUT2D eigenvalue weighted by Gasteiger charge is -2.12. The highest BCUT2D eigenvalue weighted by Gasteiger charge is 2.20. The smallest absolute Gasteiger partial charge is 0.230 e. The minimum Gasteiger partial charge on any atom is -0.507 e. The highest BCUT2D eigenvalue weighted by atomic mass is 79.9. The van der Waals surface area contributed by atoms with E-state index >= 15 is 0 Å². The van der Waals surface area contributed by atoms with E-state index in [1.165, 1.54) is 11.8 Å². The molecule has 7 nitrogen and oxygen atoms in total. The highest BCUT2D eigenvalue weighted by molar-refractivity contribution is 9.10. The van der Waals surface area contributed by atoms with Crippen LogP contribution in [0.25, 0.3) is 17.1 Å². The van der Waals surface area contributed by atoms with E-state index in [1.807, 2.05) is 34.9 Å². The van der Waals surface area contributed by atoms with Gasteiger partial charge in [-0.15, -0.1) is 10.2 Å². The van der Waals surface area contributed by atoms with Gasteiger partial charge in [0.1, 0.15) is 5.75 Å². The van der Waals surface area contributed by atoms with Gasteiger partial charge in [-0.3, -0.25) is 9.36 Å². The molecule has 9 heteroatoms. The predicted molar refractivity (Wildman–Crippen MR) is 119 cm³/mol. The number of amides is 1. The van der Waals surface area contributed by atoms with Gasteiger partial charge in [-0.2, -0.15) is 0 Å². The second-order valence-corrected chi connectivity index (χ2v) is 8.72. The number of benzene rings is 2. The van der Waals surface area contributed by atoms with Gasteiger partial charge in [-0.1, -0.05) is 45.9 Å². The van der Waals surface area contributed by atoms with Gasteiger partial charge in [0.25, 0.3) is 0 Å². The first-order valence-corrected chi connectivity index (χ1v) is 11.4. The Morgan fingerprint density at radius 1 is 1.27 bits per heavy atom. The molecule has 2 N–H and O–H groups in total. The normalized spacial score (nSPS) is 16.0. The first-order valence-electron chi connectivity index (χ1n) is 9.62. The zero-order valence-corrected chi connectivity index (χ0v) is 18.5. The van der Waals surface area contributed by atoms with Crippen molar-refractivity contribution in [2.75, 3.05) is 18.9 Å². The molecule has 1 aromatic heterocycles. The van der Waals surface area contributed by atoms with Gasteiger partial charge in [-0.25, -0.2) is 0 Å². The summed E-state index contributed by atoms with van der Waals surface area (Å²) >= 11 is 4.74. The summed E-state index contributed by atoms with van der Waals surface area (Å²) in [6, 6.07) is 14.8. The molecule has 1 fully saturated rings. The van der Waals surface area contributed by atoms with Crippen LogP contribution in [0.2, 0.25) is 0 Å². The zero-order valence-electron chi connectivity index (χ0n) is 16.1. The molecule has 0 bridgehead atoms. The Kier molecular flexibility index (Phi) is 6.71. The van der Waals surface area contributed by atoms with Gasteiger partial charge in [0.2, 0.25) is 5.91 Å². The summed E-state index contributed by atoms with van der Waals surface area (Å²) < 4.78 is 8.21. The number of halogens is 1. The van der Waals surface area contributed by atoms with Crippen LogP contribution in [0.15, 0.2) is 58.2 Å². The summed E-state index contributed by atoms with van der Waals surface area (Å²) in [5.41, 5.74) is 1.40. The Morgan fingerprint density at radius 3 is 2.87 bits per heavy atom. The van der Waals surface area contributed by atoms with E-state index in [4.69, 9.17) is 4.74 Å². The third-order valence-electron chi connectivity index (χ3n) is 4.73. The number of thioether (sulfide) groups is 1. The molecule has 2 heterocycles. The minimum atomic E-state index is -0.0787. The van der Waals surface area contributed by atoms with Gasteiger partial charge in [0.05, 0.1) is 17.4 Å². The first kappa shape index (κ1) is 20.9. The van der Waals surface area contributed by atoms with E-state index in [9.17, 15) is 9.90 Å². The van der Waals surface area contributed by atoms with Crippen molar-refractivity contribution in [3.8, 4) is 22.8 Å². The van der Waals surface area contributed by atoms with Crippen LogP contribution in [0.4, 0.5) is 0 Å². The van der Waals surface area contributed by atoms with Crippen LogP contribution < -0.4 is 5.32 Å². The molecule has 0 radical (unpaired) electrons. The molecule has 4 rings (SSSR count). The Balaban J connectivity index is 1.56. The molecule has 1 saturated heterocycles. The minimum absolute atomic E-state index is 0.0787. The number of para-hydroxylation sites is 1. The Labute approximate surface area is 187 Å². The average Bonchev–Trinajstić information content (AvgIpc) is 3.43. The van der Waals surface area contributed by atoms with Crippen molar-refractivity contribution in [3.63, 3.8) is 0 Å². The summed E-state index contributed by atoms with van der Waals surface area (Å²) in [5, 5.41) is 22.5. The monoisotopic (exact) mass is 488 g/mol. The highest BCUT2D eigenvalue weighted by Crippen LogP contribution is 2.34. The number of aromatic hydroxyl groups is 1. The third-order valence-corrected chi connectivity index (χ3v) is 6.15. The maximum atomic E-state index is 12.3. The van der Waals surface area contributed by atoms with Gasteiger partial charge in [0.15, 0.2) is 11.0 Å². The van der Waals surface area contributed by atoms with Crippen LogP contribution >= 0.6 is 27.7 Å². The number of hydrogen-bond acceptors (Lipinski definition) is 6. The molecule has 1 aliphatic heterocycles. The predicted octanol–water partition coefficient (Wildman–Crippen LogP) is 3.79. The number of carbonyl (C=O) groups is 1. The molecule has 1 amide bonds. The zero-order chi connectivity index (χ0) is 20.9. The van der Waals surface area contributed by atoms with Crippen LogP contribution in [-0.2, 0) is 9.53 Å². The number of hydrogen-bond donors (Lipinski definition) is 2. The largest absolute Gasteiger partial charge is 0.507 e. The number of nitrogens with one attached hydrogen (secondary N) is 1. The molecule has 0 unspecified atom stereocenters. The topological polar surface area (TPSA) is 89.3 Å². The van der Waals surface area contributed by atoms with Crippen LogP contribution in [0.1, 0.15) is 12.8 Å². The number of phenolic OH excluding ortho intramolecular Hbond substituents is 1. The number of phenols is 1. The van der Waals surface area contributed by atoms with Crippen molar-refractivity contribution in [2.45, 2.75) is 24.1 Å². The fourth-order valence-corrected chi connectivity index (χ4v) is 4.39. The number of nitrogens with zero attached hydrogens (tertiary/aromatic N) is 3. The summed E-state index contributed by atoms with van der Waals surface area (Å²) in [5.74, 6) is 0.739. The van der Waals surface area contributed by atoms with Crippen LogP contribution in [0.3, 0.4) is 0 Å². The molecule has 156 valence electrons. The van der Waals surface area contributed by atoms with E-state index in [-0.39, 0.29) is 23.5 Å². The van der Waals surface area contributed by atoms with E-state index in [1.54, 1.807) is 18.2 Å². The number of carbonyl (C=O) groups excluding carboxylic acids is 1. The molecule has 30 heavy (non-hydrogen) atoms. The van der Waals surface area contributed by atoms with Crippen molar-refractivity contribution < 1.29 is 14.6 Å². The molecule has 0 aliphatic carbocycles. The number of rotatable bonds is 7. The van der Waals surface area contributed by atoms with E-state index in [0.29, 0.717) is 23.1 Å². The molecule has 3 aromatic rings. The Bertz CT molecular complexity index is 1020. The summed E-state index contributed by atoms with van der Waals surface area (Å²) in [6.07, 6.45) is 2.13. The molecule has 0 saturated carbocycles.